The average molecular weight is 445 g/mol. The molecule has 8 nitrogen and oxygen atoms in total. The van der Waals surface area contributed by atoms with Crippen molar-refractivity contribution >= 4 is 34.8 Å². The maximum atomic E-state index is 12.7. The average Bonchev–Trinajstić information content (AvgIpc) is 2.99. The Kier molecular flexibility index (Phi) is 7.59. The van der Waals surface area contributed by atoms with Crippen LogP contribution in [-0.2, 0) is 4.79 Å². The molecule has 0 aromatic heterocycles. The van der Waals surface area contributed by atoms with Gasteiger partial charge in [-0.15, -0.1) is 0 Å². The van der Waals surface area contributed by atoms with Crippen LogP contribution in [-0.4, -0.2) is 59.3 Å². The van der Waals surface area contributed by atoms with Gasteiger partial charge in [0.1, 0.15) is 0 Å². The number of nitrogens with one attached hydrogen (secondary N) is 1. The predicted molar refractivity (Wildman–Crippen MR) is 119 cm³/mol. The Morgan fingerprint density at radius 1 is 1.13 bits per heavy atom. The van der Waals surface area contributed by atoms with Crippen LogP contribution in [0.3, 0.4) is 0 Å². The van der Waals surface area contributed by atoms with E-state index in [4.69, 9.17) is 11.6 Å². The van der Waals surface area contributed by atoms with Crippen molar-refractivity contribution < 1.29 is 14.5 Å². The Bertz CT molecular complexity index is 982. The van der Waals surface area contributed by atoms with Crippen LogP contribution in [0.1, 0.15) is 28.8 Å². The minimum Gasteiger partial charge on any atom is -0.337 e. The van der Waals surface area contributed by atoms with E-state index in [0.717, 1.165) is 13.0 Å². The van der Waals surface area contributed by atoms with Crippen molar-refractivity contribution in [1.82, 2.24) is 9.80 Å². The first-order valence-corrected chi connectivity index (χ1v) is 10.5. The molecule has 3 rings (SSSR count). The zero-order valence-electron chi connectivity index (χ0n) is 17.3. The summed E-state index contributed by atoms with van der Waals surface area (Å²) >= 11 is 6.00. The van der Waals surface area contributed by atoms with Crippen LogP contribution < -0.4 is 5.32 Å². The number of hydrogen-bond acceptors (Lipinski definition) is 5. The number of hydrogen-bond donors (Lipinski definition) is 1. The fraction of sp³-hybridized carbons (Fsp3) is 0.364. The summed E-state index contributed by atoms with van der Waals surface area (Å²) in [7, 11) is 0. The molecular formula is C22H25ClN4O4. The summed E-state index contributed by atoms with van der Waals surface area (Å²) in [6, 6.07) is 11.3. The molecule has 2 aromatic carbocycles. The molecule has 0 saturated carbocycles. The molecule has 0 aliphatic carbocycles. The van der Waals surface area contributed by atoms with Crippen LogP contribution in [0.2, 0.25) is 5.02 Å². The third-order valence-corrected chi connectivity index (χ3v) is 5.53. The fourth-order valence-electron chi connectivity index (χ4n) is 3.58. The molecule has 0 bridgehead atoms. The summed E-state index contributed by atoms with van der Waals surface area (Å²) in [4.78, 5) is 39.4. The van der Waals surface area contributed by atoms with Crippen LogP contribution >= 0.6 is 11.6 Å². The lowest BCUT2D eigenvalue weighted by Gasteiger charge is -2.22. The predicted octanol–water partition coefficient (Wildman–Crippen LogP) is 3.73. The van der Waals surface area contributed by atoms with Crippen molar-refractivity contribution in [2.75, 3.05) is 38.0 Å². The van der Waals surface area contributed by atoms with E-state index in [1.807, 2.05) is 4.90 Å². The van der Waals surface area contributed by atoms with Crippen molar-refractivity contribution in [3.8, 4) is 0 Å². The molecule has 31 heavy (non-hydrogen) atoms. The summed E-state index contributed by atoms with van der Waals surface area (Å²) in [6.45, 7) is 5.06. The number of benzene rings is 2. The van der Waals surface area contributed by atoms with Gasteiger partial charge in [0.25, 0.3) is 11.6 Å². The number of nitro groups is 1. The van der Waals surface area contributed by atoms with Crippen LogP contribution in [0.25, 0.3) is 0 Å². The Balaban J connectivity index is 1.49. The number of rotatable bonds is 6. The molecular weight excluding hydrogens is 420 g/mol. The third kappa shape index (κ3) is 6.26. The Morgan fingerprint density at radius 2 is 1.94 bits per heavy atom. The van der Waals surface area contributed by atoms with Gasteiger partial charge in [-0.3, -0.25) is 19.7 Å². The van der Waals surface area contributed by atoms with E-state index in [2.05, 4.69) is 10.2 Å². The molecule has 9 heteroatoms. The lowest BCUT2D eigenvalue weighted by Crippen LogP contribution is -2.36. The maximum absolute atomic E-state index is 12.7. The lowest BCUT2D eigenvalue weighted by molar-refractivity contribution is -0.384. The van der Waals surface area contributed by atoms with Crippen molar-refractivity contribution in [1.29, 1.82) is 0 Å². The highest BCUT2D eigenvalue weighted by molar-refractivity contribution is 6.30. The van der Waals surface area contributed by atoms with Gasteiger partial charge in [0.2, 0.25) is 5.91 Å². The number of nitro benzene ring substituents is 1. The van der Waals surface area contributed by atoms with Gasteiger partial charge in [0, 0.05) is 61.0 Å². The second kappa shape index (κ2) is 10.4. The number of carbonyl (C=O) groups excluding carboxylic acids is 2. The van der Waals surface area contributed by atoms with Gasteiger partial charge < -0.3 is 15.1 Å². The van der Waals surface area contributed by atoms with Crippen molar-refractivity contribution in [2.24, 2.45) is 0 Å². The zero-order valence-corrected chi connectivity index (χ0v) is 18.1. The highest BCUT2D eigenvalue weighted by Crippen LogP contribution is 2.21. The molecule has 1 aliphatic rings. The van der Waals surface area contributed by atoms with Gasteiger partial charge >= 0.3 is 0 Å². The van der Waals surface area contributed by atoms with Crippen LogP contribution in [0.15, 0.2) is 42.5 Å². The van der Waals surface area contributed by atoms with E-state index >= 15 is 0 Å². The molecule has 0 spiro atoms. The van der Waals surface area contributed by atoms with E-state index in [1.165, 1.54) is 12.1 Å². The topological polar surface area (TPSA) is 95.8 Å². The summed E-state index contributed by atoms with van der Waals surface area (Å²) < 4.78 is 0. The summed E-state index contributed by atoms with van der Waals surface area (Å²) in [6.07, 6.45) is 1.13. The first-order valence-electron chi connectivity index (χ1n) is 10.2. The smallest absolute Gasteiger partial charge is 0.269 e. The van der Waals surface area contributed by atoms with E-state index in [1.54, 1.807) is 37.3 Å². The molecule has 2 aromatic rings. The number of aryl methyl sites for hydroxylation is 1. The van der Waals surface area contributed by atoms with Gasteiger partial charge in [0.05, 0.1) is 4.92 Å². The molecule has 164 valence electrons. The minimum absolute atomic E-state index is 0.00283. The van der Waals surface area contributed by atoms with Crippen LogP contribution in [0.4, 0.5) is 11.4 Å². The Morgan fingerprint density at radius 3 is 2.65 bits per heavy atom. The highest BCUT2D eigenvalue weighted by Gasteiger charge is 2.21. The van der Waals surface area contributed by atoms with Crippen molar-refractivity contribution in [2.45, 2.75) is 19.8 Å². The highest BCUT2D eigenvalue weighted by atomic mass is 35.5. The molecule has 1 saturated heterocycles. The molecule has 0 radical (unpaired) electrons. The van der Waals surface area contributed by atoms with Crippen LogP contribution in [0.5, 0.6) is 0 Å². The van der Waals surface area contributed by atoms with Crippen molar-refractivity contribution in [3.63, 3.8) is 0 Å². The lowest BCUT2D eigenvalue weighted by atomic mass is 10.1. The van der Waals surface area contributed by atoms with Gasteiger partial charge in [-0.25, -0.2) is 0 Å². The molecule has 2 amide bonds. The summed E-state index contributed by atoms with van der Waals surface area (Å²) in [5, 5.41) is 14.2. The van der Waals surface area contributed by atoms with E-state index in [-0.39, 0.29) is 17.5 Å². The third-order valence-electron chi connectivity index (χ3n) is 5.30. The van der Waals surface area contributed by atoms with Crippen molar-refractivity contribution in [3.05, 3.63) is 68.7 Å². The number of amides is 2. The number of non-ortho nitro benzene ring substituents is 1. The van der Waals surface area contributed by atoms with Gasteiger partial charge in [-0.2, -0.15) is 0 Å². The molecule has 0 unspecified atom stereocenters. The van der Waals surface area contributed by atoms with Gasteiger partial charge in [0.15, 0.2) is 0 Å². The molecule has 1 aliphatic heterocycles. The largest absolute Gasteiger partial charge is 0.337 e. The normalized spacial score (nSPS) is 14.7. The van der Waals surface area contributed by atoms with Gasteiger partial charge in [-0.05, 0) is 49.7 Å². The standard InChI is InChI=1S/C22H25ClN4O4/c1-16-14-19(27(30)31)6-7-20(16)24-21(28)8-11-25-9-3-10-26(13-12-25)22(29)17-4-2-5-18(23)15-17/h2,4-7,14-15H,3,8-13H2,1H3,(H,24,28). The first-order chi connectivity index (χ1) is 14.8. The fourth-order valence-corrected chi connectivity index (χ4v) is 3.77. The Labute approximate surface area is 185 Å². The second-order valence-corrected chi connectivity index (χ2v) is 7.99. The van der Waals surface area contributed by atoms with Crippen LogP contribution in [0, 0.1) is 17.0 Å². The minimum atomic E-state index is -0.460. The zero-order chi connectivity index (χ0) is 22.4. The quantitative estimate of drug-likeness (QED) is 0.541. The summed E-state index contributed by atoms with van der Waals surface area (Å²) in [5.41, 5.74) is 1.80. The number of anilines is 1. The molecule has 1 N–H and O–H groups in total. The summed E-state index contributed by atoms with van der Waals surface area (Å²) in [5.74, 6) is -0.177. The van der Waals surface area contributed by atoms with E-state index < -0.39 is 4.92 Å². The molecule has 1 heterocycles. The molecule has 1 fully saturated rings. The van der Waals surface area contributed by atoms with E-state index in [0.29, 0.717) is 54.4 Å². The molecule has 0 atom stereocenters. The van der Waals surface area contributed by atoms with Gasteiger partial charge in [-0.1, -0.05) is 17.7 Å². The Hall–Kier alpha value is -2.97. The monoisotopic (exact) mass is 444 g/mol. The maximum Gasteiger partial charge on any atom is 0.269 e. The SMILES string of the molecule is Cc1cc([N+](=O)[O-])ccc1NC(=O)CCN1CCCN(C(=O)c2cccc(Cl)c2)CC1. The number of nitrogens with zero attached hydrogens (tertiary/aromatic N) is 3. The number of carbonyl (C=O) groups is 2. The number of halogens is 1. The second-order valence-electron chi connectivity index (χ2n) is 7.55. The first kappa shape index (κ1) is 22.7. The van der Waals surface area contributed by atoms with E-state index in [9.17, 15) is 19.7 Å².